The highest BCUT2D eigenvalue weighted by Gasteiger charge is 2.06. The van der Waals surface area contributed by atoms with Crippen molar-refractivity contribution in [3.05, 3.63) is 63.4 Å². The minimum absolute atomic E-state index is 0.743. The number of hydrogen-bond donors (Lipinski definition) is 0. The number of aromatic nitrogens is 1. The summed E-state index contributed by atoms with van der Waals surface area (Å²) < 4.78 is 1.06. The van der Waals surface area contributed by atoms with Crippen molar-refractivity contribution < 1.29 is 0 Å². The third kappa shape index (κ3) is 2.89. The highest BCUT2D eigenvalue weighted by atomic mass is 79.9. The number of benzene rings is 2. The van der Waals surface area contributed by atoms with Gasteiger partial charge in [-0.05, 0) is 24.3 Å². The van der Waals surface area contributed by atoms with Crippen molar-refractivity contribution in [1.29, 1.82) is 0 Å². The third-order valence-electron chi connectivity index (χ3n) is 2.72. The van der Waals surface area contributed by atoms with Gasteiger partial charge in [0.15, 0.2) is 0 Å². The van der Waals surface area contributed by atoms with E-state index in [9.17, 15) is 0 Å². The summed E-state index contributed by atoms with van der Waals surface area (Å²) in [4.78, 5) is 4.68. The molecule has 0 saturated heterocycles. The van der Waals surface area contributed by atoms with E-state index in [1.165, 1.54) is 0 Å². The molecule has 19 heavy (non-hydrogen) atoms. The van der Waals surface area contributed by atoms with Gasteiger partial charge in [-0.2, -0.15) is 0 Å². The van der Waals surface area contributed by atoms with E-state index in [2.05, 4.69) is 38.4 Å². The lowest BCUT2D eigenvalue weighted by Gasteiger charge is -1.98. The lowest BCUT2D eigenvalue weighted by molar-refractivity contribution is 1.40. The van der Waals surface area contributed by atoms with Crippen molar-refractivity contribution in [2.75, 3.05) is 0 Å². The van der Waals surface area contributed by atoms with E-state index in [1.807, 2.05) is 36.4 Å². The Balaban J connectivity index is 1.97. The standard InChI is InChI=1S/C15H9BrClNS/c16-12-3-1-2-11(8-12)14-9-19-15(18-14)10-4-6-13(17)7-5-10/h1-9H. The van der Waals surface area contributed by atoms with Crippen molar-refractivity contribution in [3.63, 3.8) is 0 Å². The fraction of sp³-hybridized carbons (Fsp3) is 0. The van der Waals surface area contributed by atoms with Crippen LogP contribution in [0, 0.1) is 0 Å². The summed E-state index contributed by atoms with van der Waals surface area (Å²) in [5, 5.41) is 3.82. The van der Waals surface area contributed by atoms with E-state index >= 15 is 0 Å². The van der Waals surface area contributed by atoms with E-state index < -0.39 is 0 Å². The zero-order valence-electron chi connectivity index (χ0n) is 9.81. The van der Waals surface area contributed by atoms with Crippen molar-refractivity contribution in [2.24, 2.45) is 0 Å². The Morgan fingerprint density at radius 2 is 1.79 bits per heavy atom. The maximum absolute atomic E-state index is 5.90. The summed E-state index contributed by atoms with van der Waals surface area (Å²) in [6, 6.07) is 15.9. The number of nitrogens with zero attached hydrogens (tertiary/aromatic N) is 1. The van der Waals surface area contributed by atoms with Gasteiger partial charge >= 0.3 is 0 Å². The van der Waals surface area contributed by atoms with E-state index in [4.69, 9.17) is 11.6 Å². The smallest absolute Gasteiger partial charge is 0.124 e. The van der Waals surface area contributed by atoms with E-state index in [0.29, 0.717) is 0 Å². The van der Waals surface area contributed by atoms with Crippen LogP contribution < -0.4 is 0 Å². The quantitative estimate of drug-likeness (QED) is 0.561. The molecular formula is C15H9BrClNS. The molecule has 0 N–H and O–H groups in total. The normalized spacial score (nSPS) is 10.6. The van der Waals surface area contributed by atoms with Crippen LogP contribution in [0.4, 0.5) is 0 Å². The first-order valence-electron chi connectivity index (χ1n) is 5.70. The molecule has 0 amide bonds. The van der Waals surface area contributed by atoms with Gasteiger partial charge in [-0.3, -0.25) is 0 Å². The van der Waals surface area contributed by atoms with Crippen molar-refractivity contribution in [3.8, 4) is 21.8 Å². The van der Waals surface area contributed by atoms with Gasteiger partial charge in [-0.25, -0.2) is 4.98 Å². The maximum atomic E-state index is 5.90. The van der Waals surface area contributed by atoms with Crippen LogP contribution in [0.15, 0.2) is 58.4 Å². The molecule has 0 spiro atoms. The number of halogens is 2. The summed E-state index contributed by atoms with van der Waals surface area (Å²) >= 11 is 11.0. The topological polar surface area (TPSA) is 12.9 Å². The van der Waals surface area contributed by atoms with Crippen LogP contribution in [0.5, 0.6) is 0 Å². The Morgan fingerprint density at radius 1 is 1.00 bits per heavy atom. The van der Waals surface area contributed by atoms with Crippen LogP contribution in [0.3, 0.4) is 0 Å². The molecule has 0 aliphatic rings. The molecular weight excluding hydrogens is 342 g/mol. The Labute approximate surface area is 129 Å². The van der Waals surface area contributed by atoms with Gasteiger partial charge in [0.25, 0.3) is 0 Å². The molecule has 3 aromatic rings. The van der Waals surface area contributed by atoms with Gasteiger partial charge in [0.1, 0.15) is 5.01 Å². The molecule has 94 valence electrons. The van der Waals surface area contributed by atoms with Crippen molar-refractivity contribution in [2.45, 2.75) is 0 Å². The third-order valence-corrected chi connectivity index (χ3v) is 4.35. The van der Waals surface area contributed by atoms with Crippen LogP contribution in [0.2, 0.25) is 5.02 Å². The Hall–Kier alpha value is -1.16. The SMILES string of the molecule is Clc1ccc(-c2nc(-c3cccc(Br)c3)cs2)cc1. The molecule has 0 fully saturated rings. The summed E-state index contributed by atoms with van der Waals surface area (Å²) in [6.45, 7) is 0. The van der Waals surface area contributed by atoms with Crippen molar-refractivity contribution >= 4 is 38.9 Å². The first kappa shape index (κ1) is 12.9. The molecule has 0 saturated carbocycles. The fourth-order valence-corrected chi connectivity index (χ4v) is 3.14. The van der Waals surface area contributed by atoms with E-state index in [1.54, 1.807) is 11.3 Å². The molecule has 0 aliphatic carbocycles. The molecule has 0 aliphatic heterocycles. The summed E-state index contributed by atoms with van der Waals surface area (Å²) in [5.41, 5.74) is 3.21. The summed E-state index contributed by atoms with van der Waals surface area (Å²) in [6.07, 6.45) is 0. The van der Waals surface area contributed by atoms with Crippen LogP contribution in [0.25, 0.3) is 21.8 Å². The first-order chi connectivity index (χ1) is 9.22. The Kier molecular flexibility index (Phi) is 3.69. The molecule has 4 heteroatoms. The predicted octanol–water partition coefficient (Wildman–Crippen LogP) is 5.89. The average molecular weight is 351 g/mol. The number of hydrogen-bond acceptors (Lipinski definition) is 2. The number of thiazole rings is 1. The molecule has 0 radical (unpaired) electrons. The Morgan fingerprint density at radius 3 is 2.53 bits per heavy atom. The van der Waals surface area contributed by atoms with Gasteiger partial charge in [0, 0.05) is 26.0 Å². The van der Waals surface area contributed by atoms with Crippen LogP contribution in [0.1, 0.15) is 0 Å². The first-order valence-corrected chi connectivity index (χ1v) is 7.75. The van der Waals surface area contributed by atoms with Crippen LogP contribution in [-0.2, 0) is 0 Å². The molecule has 2 aromatic carbocycles. The minimum Gasteiger partial charge on any atom is -0.236 e. The lowest BCUT2D eigenvalue weighted by Crippen LogP contribution is -1.79. The van der Waals surface area contributed by atoms with Gasteiger partial charge < -0.3 is 0 Å². The minimum atomic E-state index is 0.743. The molecule has 1 heterocycles. The summed E-state index contributed by atoms with van der Waals surface area (Å²) in [5.74, 6) is 0. The van der Waals surface area contributed by atoms with E-state index in [0.717, 1.165) is 31.3 Å². The second-order valence-electron chi connectivity index (χ2n) is 4.06. The molecule has 3 rings (SSSR count). The molecule has 1 nitrogen and oxygen atoms in total. The fourth-order valence-electron chi connectivity index (χ4n) is 1.78. The number of rotatable bonds is 2. The van der Waals surface area contributed by atoms with Gasteiger partial charge in [-0.1, -0.05) is 51.8 Å². The summed E-state index contributed by atoms with van der Waals surface area (Å²) in [7, 11) is 0. The second kappa shape index (κ2) is 5.45. The molecule has 0 unspecified atom stereocenters. The van der Waals surface area contributed by atoms with Crippen molar-refractivity contribution in [1.82, 2.24) is 4.98 Å². The van der Waals surface area contributed by atoms with Gasteiger partial charge in [0.2, 0.25) is 0 Å². The molecule has 0 atom stereocenters. The van der Waals surface area contributed by atoms with Crippen LogP contribution >= 0.6 is 38.9 Å². The maximum Gasteiger partial charge on any atom is 0.124 e. The highest BCUT2D eigenvalue weighted by molar-refractivity contribution is 9.10. The average Bonchev–Trinajstić information content (AvgIpc) is 2.89. The zero-order valence-corrected chi connectivity index (χ0v) is 13.0. The lowest BCUT2D eigenvalue weighted by atomic mass is 10.2. The van der Waals surface area contributed by atoms with Gasteiger partial charge in [-0.15, -0.1) is 11.3 Å². The monoisotopic (exact) mass is 349 g/mol. The van der Waals surface area contributed by atoms with Gasteiger partial charge in [0.05, 0.1) is 5.69 Å². The Bertz CT molecular complexity index is 706. The highest BCUT2D eigenvalue weighted by Crippen LogP contribution is 2.30. The van der Waals surface area contributed by atoms with Crippen LogP contribution in [-0.4, -0.2) is 4.98 Å². The largest absolute Gasteiger partial charge is 0.236 e. The predicted molar refractivity (Wildman–Crippen MR) is 85.7 cm³/mol. The zero-order chi connectivity index (χ0) is 13.2. The molecule has 1 aromatic heterocycles. The molecule has 0 bridgehead atoms. The van der Waals surface area contributed by atoms with E-state index in [-0.39, 0.29) is 0 Å². The second-order valence-corrected chi connectivity index (χ2v) is 6.27.